The first kappa shape index (κ1) is 21.8. The van der Waals surface area contributed by atoms with Crippen LogP contribution in [0.25, 0.3) is 5.69 Å². The molecule has 0 radical (unpaired) electrons. The van der Waals surface area contributed by atoms with Crippen molar-refractivity contribution in [1.82, 2.24) is 24.8 Å². The molecule has 9 heteroatoms. The van der Waals surface area contributed by atoms with Crippen LogP contribution in [-0.2, 0) is 9.53 Å². The lowest BCUT2D eigenvalue weighted by Gasteiger charge is -2.39. The van der Waals surface area contributed by atoms with Crippen molar-refractivity contribution in [1.29, 1.82) is 0 Å². The molecule has 166 valence electrons. The highest BCUT2D eigenvalue weighted by molar-refractivity contribution is 6.30. The molecule has 2 amide bonds. The quantitative estimate of drug-likeness (QED) is 0.725. The Morgan fingerprint density at radius 2 is 1.77 bits per heavy atom. The number of hydrogen-bond acceptors (Lipinski definition) is 5. The lowest BCUT2D eigenvalue weighted by molar-refractivity contribution is -0.148. The van der Waals surface area contributed by atoms with Gasteiger partial charge in [-0.2, -0.15) is 0 Å². The number of halogens is 1. The molecule has 0 bridgehead atoms. The summed E-state index contributed by atoms with van der Waals surface area (Å²) in [7, 11) is 0. The first-order chi connectivity index (χ1) is 14.8. The lowest BCUT2D eigenvalue weighted by atomic mass is 9.94. The molecule has 3 heterocycles. The number of nitrogens with zero attached hydrogens (tertiary/aromatic N) is 5. The molecule has 2 atom stereocenters. The van der Waals surface area contributed by atoms with Gasteiger partial charge in [0.1, 0.15) is 0 Å². The number of amides is 2. The third-order valence-corrected chi connectivity index (χ3v) is 6.25. The van der Waals surface area contributed by atoms with Gasteiger partial charge in [0, 0.05) is 37.1 Å². The summed E-state index contributed by atoms with van der Waals surface area (Å²) in [5, 5.41) is 8.87. The van der Waals surface area contributed by atoms with Gasteiger partial charge in [0.2, 0.25) is 5.91 Å². The molecule has 2 fully saturated rings. The zero-order chi connectivity index (χ0) is 22.1. The van der Waals surface area contributed by atoms with E-state index in [1.807, 2.05) is 37.8 Å². The van der Waals surface area contributed by atoms with Crippen LogP contribution < -0.4 is 0 Å². The Balaban J connectivity index is 1.39. The fraction of sp³-hybridized carbons (Fsp3) is 0.545. The summed E-state index contributed by atoms with van der Waals surface area (Å²) < 4.78 is 7.36. The average Bonchev–Trinajstić information content (AvgIpc) is 3.13. The van der Waals surface area contributed by atoms with Gasteiger partial charge in [-0.05, 0) is 51.8 Å². The van der Waals surface area contributed by atoms with E-state index in [2.05, 4.69) is 10.3 Å². The van der Waals surface area contributed by atoms with Crippen LogP contribution in [-0.4, -0.2) is 75.0 Å². The molecule has 2 aliphatic rings. The smallest absolute Gasteiger partial charge is 0.276 e. The predicted molar refractivity (Wildman–Crippen MR) is 116 cm³/mol. The summed E-state index contributed by atoms with van der Waals surface area (Å²) in [6.45, 7) is 8.15. The molecule has 2 unspecified atom stereocenters. The van der Waals surface area contributed by atoms with E-state index < -0.39 is 0 Å². The van der Waals surface area contributed by atoms with Crippen molar-refractivity contribution in [3.05, 3.63) is 40.7 Å². The van der Waals surface area contributed by atoms with Gasteiger partial charge in [0.05, 0.1) is 23.6 Å². The summed E-state index contributed by atoms with van der Waals surface area (Å²) in [5.74, 6) is -0.0211. The molecule has 31 heavy (non-hydrogen) atoms. The van der Waals surface area contributed by atoms with Crippen LogP contribution in [0.2, 0.25) is 5.02 Å². The Kier molecular flexibility index (Phi) is 6.29. The van der Waals surface area contributed by atoms with Crippen LogP contribution in [0.1, 0.15) is 42.9 Å². The van der Waals surface area contributed by atoms with Gasteiger partial charge in [0.25, 0.3) is 5.91 Å². The van der Waals surface area contributed by atoms with E-state index in [4.69, 9.17) is 16.3 Å². The fourth-order valence-corrected chi connectivity index (χ4v) is 4.66. The molecule has 0 saturated carbocycles. The molecule has 8 nitrogen and oxygen atoms in total. The molecule has 2 aliphatic heterocycles. The van der Waals surface area contributed by atoms with Crippen LogP contribution in [0.3, 0.4) is 0 Å². The topological polar surface area (TPSA) is 80.6 Å². The molecule has 2 aromatic rings. The summed E-state index contributed by atoms with van der Waals surface area (Å²) in [5.41, 5.74) is 1.76. The van der Waals surface area contributed by atoms with Crippen molar-refractivity contribution in [2.75, 3.05) is 26.2 Å². The van der Waals surface area contributed by atoms with Crippen molar-refractivity contribution in [2.24, 2.45) is 5.92 Å². The second kappa shape index (κ2) is 8.96. The highest BCUT2D eigenvalue weighted by atomic mass is 35.5. The Bertz CT molecular complexity index is 960. The van der Waals surface area contributed by atoms with E-state index in [-0.39, 0.29) is 29.9 Å². The fourth-order valence-electron chi connectivity index (χ4n) is 4.48. The van der Waals surface area contributed by atoms with E-state index >= 15 is 0 Å². The number of carbonyl (C=O) groups excluding carboxylic acids is 2. The number of likely N-dealkylation sites (tertiary alicyclic amines) is 1. The minimum atomic E-state index is -0.148. The number of morpholine rings is 1. The van der Waals surface area contributed by atoms with Crippen LogP contribution >= 0.6 is 11.6 Å². The monoisotopic (exact) mass is 445 g/mol. The number of aromatic nitrogens is 3. The van der Waals surface area contributed by atoms with Gasteiger partial charge in [0.15, 0.2) is 5.69 Å². The van der Waals surface area contributed by atoms with Gasteiger partial charge >= 0.3 is 0 Å². The largest absolute Gasteiger partial charge is 0.372 e. The van der Waals surface area contributed by atoms with Gasteiger partial charge in [-0.25, -0.2) is 4.68 Å². The third kappa shape index (κ3) is 4.60. The van der Waals surface area contributed by atoms with Crippen molar-refractivity contribution >= 4 is 23.4 Å². The number of rotatable bonds is 3. The van der Waals surface area contributed by atoms with E-state index in [1.165, 1.54) is 0 Å². The maximum atomic E-state index is 13.1. The van der Waals surface area contributed by atoms with Crippen molar-refractivity contribution < 1.29 is 14.3 Å². The number of piperidine rings is 1. The van der Waals surface area contributed by atoms with Crippen LogP contribution in [0.5, 0.6) is 0 Å². The zero-order valence-corrected chi connectivity index (χ0v) is 18.9. The molecule has 0 spiro atoms. The van der Waals surface area contributed by atoms with E-state index in [1.54, 1.807) is 21.7 Å². The number of benzene rings is 1. The summed E-state index contributed by atoms with van der Waals surface area (Å²) >= 11 is 6.07. The average molecular weight is 446 g/mol. The second-order valence-corrected chi connectivity index (χ2v) is 8.92. The van der Waals surface area contributed by atoms with Crippen molar-refractivity contribution in [2.45, 2.75) is 45.8 Å². The normalized spacial score (nSPS) is 22.6. The third-order valence-electron chi connectivity index (χ3n) is 6.01. The Hall–Kier alpha value is -2.45. The van der Waals surface area contributed by atoms with E-state index in [0.29, 0.717) is 55.4 Å². The maximum absolute atomic E-state index is 13.1. The summed E-state index contributed by atoms with van der Waals surface area (Å²) in [6.07, 6.45) is 1.43. The highest BCUT2D eigenvalue weighted by Gasteiger charge is 2.34. The van der Waals surface area contributed by atoms with Crippen molar-refractivity contribution in [3.63, 3.8) is 0 Å². The number of ether oxygens (including phenoxy) is 1. The van der Waals surface area contributed by atoms with Gasteiger partial charge in [-0.1, -0.05) is 22.9 Å². The van der Waals surface area contributed by atoms with Gasteiger partial charge in [-0.15, -0.1) is 5.10 Å². The predicted octanol–water partition coefficient (Wildman–Crippen LogP) is 2.72. The Labute approximate surface area is 187 Å². The molecular weight excluding hydrogens is 418 g/mol. The molecule has 1 aromatic carbocycles. The molecule has 2 saturated heterocycles. The van der Waals surface area contributed by atoms with Crippen LogP contribution in [0, 0.1) is 12.8 Å². The number of hydrogen-bond donors (Lipinski definition) is 0. The Morgan fingerprint density at radius 3 is 2.42 bits per heavy atom. The Morgan fingerprint density at radius 1 is 1.10 bits per heavy atom. The van der Waals surface area contributed by atoms with Gasteiger partial charge < -0.3 is 14.5 Å². The summed E-state index contributed by atoms with van der Waals surface area (Å²) in [4.78, 5) is 29.7. The molecule has 0 N–H and O–H groups in total. The van der Waals surface area contributed by atoms with Crippen molar-refractivity contribution in [3.8, 4) is 5.69 Å². The highest BCUT2D eigenvalue weighted by Crippen LogP contribution is 2.24. The number of carbonyl (C=O) groups is 2. The SMILES string of the molecule is Cc1c(C(=O)N2CCC(C(=O)N3CC(C)OC(C)C3)CC2)nnn1-c1cccc(Cl)c1. The molecule has 0 aliphatic carbocycles. The van der Waals surface area contributed by atoms with Crippen LogP contribution in [0.4, 0.5) is 0 Å². The lowest BCUT2D eigenvalue weighted by Crippen LogP contribution is -2.51. The maximum Gasteiger partial charge on any atom is 0.276 e. The first-order valence-electron chi connectivity index (χ1n) is 10.7. The first-order valence-corrected chi connectivity index (χ1v) is 11.1. The van der Waals surface area contributed by atoms with E-state index in [0.717, 1.165) is 5.69 Å². The second-order valence-electron chi connectivity index (χ2n) is 8.48. The van der Waals surface area contributed by atoms with Gasteiger partial charge in [-0.3, -0.25) is 9.59 Å². The zero-order valence-electron chi connectivity index (χ0n) is 18.1. The molecular formula is C22H28ClN5O3. The minimum absolute atomic E-state index is 0.0511. The standard InChI is InChI=1S/C22H28ClN5O3/c1-14-12-27(13-15(2)31-14)21(29)17-7-9-26(10-8-17)22(30)20-16(3)28(25-24-20)19-6-4-5-18(23)11-19/h4-6,11,14-15,17H,7-10,12-13H2,1-3H3. The minimum Gasteiger partial charge on any atom is -0.372 e. The summed E-state index contributed by atoms with van der Waals surface area (Å²) in [6, 6.07) is 7.26. The van der Waals surface area contributed by atoms with Crippen LogP contribution in [0.15, 0.2) is 24.3 Å². The molecule has 1 aromatic heterocycles. The van der Waals surface area contributed by atoms with E-state index in [9.17, 15) is 9.59 Å². The molecule has 4 rings (SSSR count).